The van der Waals surface area contributed by atoms with E-state index >= 15 is 0 Å². The van der Waals surface area contributed by atoms with Crippen LogP contribution in [0.25, 0.3) is 0 Å². The molecule has 1 aromatic heterocycles. The number of halogens is 1. The maximum absolute atomic E-state index is 12.9. The van der Waals surface area contributed by atoms with E-state index in [1.807, 2.05) is 0 Å². The van der Waals surface area contributed by atoms with Crippen molar-refractivity contribution in [3.05, 3.63) is 76.9 Å². The number of carbonyl (C=O) groups excluding carboxylic acids is 3. The molecule has 0 unspecified atom stereocenters. The summed E-state index contributed by atoms with van der Waals surface area (Å²) in [6, 6.07) is 12.0. The van der Waals surface area contributed by atoms with Crippen molar-refractivity contribution in [1.82, 2.24) is 15.1 Å². The van der Waals surface area contributed by atoms with E-state index in [1.165, 1.54) is 24.3 Å². The molecule has 0 saturated heterocycles. The molecule has 28 heavy (non-hydrogen) atoms. The van der Waals surface area contributed by atoms with Gasteiger partial charge < -0.3 is 4.42 Å². The lowest BCUT2D eigenvalue weighted by atomic mass is 10.1. The minimum absolute atomic E-state index is 0.154. The fourth-order valence-electron chi connectivity index (χ4n) is 2.84. The van der Waals surface area contributed by atoms with Gasteiger partial charge in [-0.1, -0.05) is 29.4 Å². The zero-order chi connectivity index (χ0) is 19.7. The van der Waals surface area contributed by atoms with Gasteiger partial charge in [0.2, 0.25) is 11.8 Å². The van der Waals surface area contributed by atoms with Gasteiger partial charge in [-0.3, -0.25) is 24.6 Å². The van der Waals surface area contributed by atoms with Gasteiger partial charge in [0.25, 0.3) is 11.8 Å². The third kappa shape index (κ3) is 3.37. The topological polar surface area (TPSA) is 105 Å². The summed E-state index contributed by atoms with van der Waals surface area (Å²) in [7, 11) is 0. The summed E-state index contributed by atoms with van der Waals surface area (Å²) in [5.74, 6) is -1.83. The molecule has 0 radical (unpaired) electrons. The molecule has 140 valence electrons. The van der Waals surface area contributed by atoms with Crippen LogP contribution in [0.3, 0.4) is 0 Å². The number of carbonyl (C=O) groups is 3. The number of nitrogens with one attached hydrogen (secondary N) is 1. The normalized spacial score (nSPS) is 13.0. The molecule has 2 heterocycles. The van der Waals surface area contributed by atoms with Crippen LogP contribution in [0.15, 0.2) is 52.9 Å². The van der Waals surface area contributed by atoms with Gasteiger partial charge in [-0.2, -0.15) is 0 Å². The van der Waals surface area contributed by atoms with E-state index in [0.29, 0.717) is 0 Å². The molecule has 0 aliphatic carbocycles. The van der Waals surface area contributed by atoms with E-state index < -0.39 is 24.3 Å². The monoisotopic (exact) mass is 380 g/mol. The van der Waals surface area contributed by atoms with Crippen LogP contribution >= 0.6 is 0 Å². The molecule has 0 bridgehead atoms. The Morgan fingerprint density at radius 2 is 1.64 bits per heavy atom. The number of hydrogen-bond acceptors (Lipinski definition) is 6. The fourth-order valence-corrected chi connectivity index (χ4v) is 2.84. The molecule has 9 heteroatoms. The zero-order valence-corrected chi connectivity index (χ0v) is 14.4. The lowest BCUT2D eigenvalue weighted by Gasteiger charge is -2.12. The number of rotatable bonds is 5. The minimum Gasteiger partial charge on any atom is -0.407 e. The molecule has 3 aromatic rings. The van der Waals surface area contributed by atoms with E-state index in [0.717, 1.165) is 10.5 Å². The summed E-state index contributed by atoms with van der Waals surface area (Å²) in [5.41, 5.74) is 1.29. The number of hydrogen-bond donors (Lipinski definition) is 1. The quantitative estimate of drug-likeness (QED) is 0.679. The molecule has 8 nitrogen and oxygen atoms in total. The Morgan fingerprint density at radius 3 is 2.29 bits per heavy atom. The van der Waals surface area contributed by atoms with Crippen molar-refractivity contribution < 1.29 is 23.2 Å². The molecule has 1 aliphatic rings. The fraction of sp³-hybridized carbons (Fsp3) is 0.105. The molecular weight excluding hydrogens is 367 g/mol. The highest BCUT2D eigenvalue weighted by atomic mass is 19.1. The highest BCUT2D eigenvalue weighted by Crippen LogP contribution is 2.22. The van der Waals surface area contributed by atoms with Gasteiger partial charge in [0.05, 0.1) is 17.5 Å². The lowest BCUT2D eigenvalue weighted by Crippen LogP contribution is -2.37. The standard InChI is InChI=1S/C19H13FN4O4/c20-12-7-5-11(6-8-12)9-16-22-23-19(28-16)21-15(25)10-24-17(26)13-3-1-2-4-14(13)18(24)27/h1-8H,9-10H2,(H,21,23,25). The van der Waals surface area contributed by atoms with Crippen molar-refractivity contribution in [3.63, 3.8) is 0 Å². The van der Waals surface area contributed by atoms with Crippen LogP contribution < -0.4 is 5.32 Å². The number of anilines is 1. The minimum atomic E-state index is -0.647. The largest absolute Gasteiger partial charge is 0.407 e. The first-order valence-corrected chi connectivity index (χ1v) is 8.33. The van der Waals surface area contributed by atoms with Crippen LogP contribution in [-0.4, -0.2) is 39.4 Å². The molecule has 3 amide bonds. The second-order valence-electron chi connectivity index (χ2n) is 6.09. The zero-order valence-electron chi connectivity index (χ0n) is 14.4. The Labute approximate surface area is 158 Å². The van der Waals surface area contributed by atoms with E-state index in [9.17, 15) is 18.8 Å². The van der Waals surface area contributed by atoms with E-state index in [4.69, 9.17) is 4.42 Å². The van der Waals surface area contributed by atoms with E-state index in [1.54, 1.807) is 24.3 Å². The molecule has 0 atom stereocenters. The van der Waals surface area contributed by atoms with Crippen LogP contribution in [0.2, 0.25) is 0 Å². The third-order valence-corrected chi connectivity index (χ3v) is 4.16. The number of aromatic nitrogens is 2. The van der Waals surface area contributed by atoms with Crippen LogP contribution in [0, 0.1) is 5.82 Å². The summed E-state index contributed by atoms with van der Waals surface area (Å²) < 4.78 is 18.3. The van der Waals surface area contributed by atoms with Crippen LogP contribution in [0.1, 0.15) is 32.2 Å². The smallest absolute Gasteiger partial charge is 0.322 e. The maximum atomic E-state index is 12.9. The number of benzene rings is 2. The van der Waals surface area contributed by atoms with Crippen molar-refractivity contribution in [3.8, 4) is 0 Å². The number of nitrogens with zero attached hydrogens (tertiary/aromatic N) is 3. The molecule has 0 saturated carbocycles. The first-order chi connectivity index (χ1) is 13.5. The number of fused-ring (bicyclic) bond motifs is 1. The number of imide groups is 1. The van der Waals surface area contributed by atoms with Crippen molar-refractivity contribution in [2.75, 3.05) is 11.9 Å². The predicted molar refractivity (Wildman–Crippen MR) is 93.9 cm³/mol. The SMILES string of the molecule is O=C(CN1C(=O)c2ccccc2C1=O)Nc1nnc(Cc2ccc(F)cc2)o1. The molecule has 2 aromatic carbocycles. The van der Waals surface area contributed by atoms with Crippen molar-refractivity contribution in [2.45, 2.75) is 6.42 Å². The van der Waals surface area contributed by atoms with Gasteiger partial charge in [0.1, 0.15) is 12.4 Å². The van der Waals surface area contributed by atoms with Gasteiger partial charge >= 0.3 is 6.01 Å². The summed E-state index contributed by atoms with van der Waals surface area (Å²) in [4.78, 5) is 37.6. The summed E-state index contributed by atoms with van der Waals surface area (Å²) in [5, 5.41) is 9.89. The van der Waals surface area contributed by atoms with Crippen molar-refractivity contribution in [2.24, 2.45) is 0 Å². The average Bonchev–Trinajstić information content (AvgIpc) is 3.22. The Hall–Kier alpha value is -3.88. The number of amides is 3. The molecule has 1 N–H and O–H groups in total. The highest BCUT2D eigenvalue weighted by Gasteiger charge is 2.36. The summed E-state index contributed by atoms with van der Waals surface area (Å²) in [6.45, 7) is -0.470. The second kappa shape index (κ2) is 7.03. The Bertz CT molecular complexity index is 1040. The Kier molecular flexibility index (Phi) is 4.40. The molecule has 1 aliphatic heterocycles. The van der Waals surface area contributed by atoms with Gasteiger partial charge in [-0.15, -0.1) is 5.10 Å². The van der Waals surface area contributed by atoms with E-state index in [2.05, 4.69) is 15.5 Å². The first kappa shape index (κ1) is 17.5. The van der Waals surface area contributed by atoms with Crippen molar-refractivity contribution in [1.29, 1.82) is 0 Å². The van der Waals surface area contributed by atoms with Crippen LogP contribution in [-0.2, 0) is 11.2 Å². The van der Waals surface area contributed by atoms with Gasteiger partial charge in [0.15, 0.2) is 0 Å². The molecule has 0 fully saturated rings. The Balaban J connectivity index is 1.38. The molecular formula is C19H13FN4O4. The molecule has 0 spiro atoms. The van der Waals surface area contributed by atoms with Crippen LogP contribution in [0.4, 0.5) is 10.4 Å². The van der Waals surface area contributed by atoms with Crippen LogP contribution in [0.5, 0.6) is 0 Å². The summed E-state index contributed by atoms with van der Waals surface area (Å²) in [6.07, 6.45) is 0.265. The molecule has 4 rings (SSSR count). The average molecular weight is 380 g/mol. The van der Waals surface area contributed by atoms with Gasteiger partial charge in [-0.25, -0.2) is 4.39 Å². The first-order valence-electron chi connectivity index (χ1n) is 8.33. The lowest BCUT2D eigenvalue weighted by molar-refractivity contribution is -0.116. The van der Waals surface area contributed by atoms with Gasteiger partial charge in [-0.05, 0) is 29.8 Å². The van der Waals surface area contributed by atoms with Crippen molar-refractivity contribution >= 4 is 23.7 Å². The van der Waals surface area contributed by atoms with E-state index in [-0.39, 0.29) is 35.3 Å². The maximum Gasteiger partial charge on any atom is 0.322 e. The second-order valence-corrected chi connectivity index (χ2v) is 6.09. The third-order valence-electron chi connectivity index (χ3n) is 4.16. The summed E-state index contributed by atoms with van der Waals surface area (Å²) >= 11 is 0. The van der Waals surface area contributed by atoms with Gasteiger partial charge in [0, 0.05) is 0 Å². The Morgan fingerprint density at radius 1 is 1.00 bits per heavy atom. The highest BCUT2D eigenvalue weighted by molar-refractivity contribution is 6.22. The predicted octanol–water partition coefficient (Wildman–Crippen LogP) is 2.03.